The van der Waals surface area contributed by atoms with Crippen molar-refractivity contribution in [1.82, 2.24) is 10.7 Å². The van der Waals surface area contributed by atoms with Gasteiger partial charge < -0.3 is 10.1 Å². The maximum absolute atomic E-state index is 12.8. The molecular weight excluding hydrogens is 426 g/mol. The van der Waals surface area contributed by atoms with Crippen LogP contribution in [-0.2, 0) is 4.79 Å². The SMILES string of the molecule is CCCOc1ccccc1/C=N/NC(=O)/C(=C/C=C/c1ccccc1)NC(=O)c1ccccc1. The Labute approximate surface area is 199 Å². The Morgan fingerprint density at radius 1 is 0.912 bits per heavy atom. The molecule has 0 spiro atoms. The molecule has 0 radical (unpaired) electrons. The van der Waals surface area contributed by atoms with E-state index in [9.17, 15) is 9.59 Å². The summed E-state index contributed by atoms with van der Waals surface area (Å²) in [6.45, 7) is 2.62. The molecule has 0 unspecified atom stereocenters. The Morgan fingerprint density at radius 2 is 1.59 bits per heavy atom. The van der Waals surface area contributed by atoms with Crippen LogP contribution in [0, 0.1) is 0 Å². The molecule has 0 saturated heterocycles. The molecule has 0 bridgehead atoms. The first-order valence-electron chi connectivity index (χ1n) is 11.0. The fourth-order valence-electron chi connectivity index (χ4n) is 2.93. The normalized spacial score (nSPS) is 11.5. The molecule has 0 aliphatic carbocycles. The second-order valence-electron chi connectivity index (χ2n) is 7.26. The standard InChI is InChI=1S/C28H27N3O3/c1-2-20-34-26-19-10-9-17-24(26)21-29-31-28(33)25(18-11-14-22-12-5-3-6-13-22)30-27(32)23-15-7-4-8-16-23/h3-19,21H,2,20H2,1H3,(H,30,32)(H,31,33)/b14-11+,25-18-,29-21+. The van der Waals surface area contributed by atoms with Gasteiger partial charge in [0.15, 0.2) is 0 Å². The lowest BCUT2D eigenvalue weighted by Gasteiger charge is -2.09. The van der Waals surface area contributed by atoms with Crippen molar-refractivity contribution in [2.24, 2.45) is 5.10 Å². The summed E-state index contributed by atoms with van der Waals surface area (Å²) in [5.74, 6) is -0.260. The number of hydrazone groups is 1. The molecule has 3 aromatic carbocycles. The molecule has 0 heterocycles. The van der Waals surface area contributed by atoms with Crippen LogP contribution in [0.2, 0.25) is 0 Å². The van der Waals surface area contributed by atoms with Gasteiger partial charge in [-0.3, -0.25) is 9.59 Å². The number of carbonyl (C=O) groups excluding carboxylic acids is 2. The van der Waals surface area contributed by atoms with Crippen LogP contribution in [0.4, 0.5) is 0 Å². The summed E-state index contributed by atoms with van der Waals surface area (Å²) in [7, 11) is 0. The Balaban J connectivity index is 1.75. The number of ether oxygens (including phenoxy) is 1. The minimum atomic E-state index is -0.551. The van der Waals surface area contributed by atoms with E-state index in [2.05, 4.69) is 15.8 Å². The third kappa shape index (κ3) is 7.60. The zero-order valence-corrected chi connectivity index (χ0v) is 19.0. The van der Waals surface area contributed by atoms with Gasteiger partial charge in [-0.25, -0.2) is 5.43 Å². The van der Waals surface area contributed by atoms with Crippen molar-refractivity contribution in [3.8, 4) is 5.75 Å². The number of nitrogens with zero attached hydrogens (tertiary/aromatic N) is 1. The fourth-order valence-corrected chi connectivity index (χ4v) is 2.93. The Kier molecular flexibility index (Phi) is 9.38. The molecule has 2 amide bonds. The quantitative estimate of drug-likeness (QED) is 0.197. The molecule has 0 fully saturated rings. The van der Waals surface area contributed by atoms with E-state index in [1.54, 1.807) is 30.3 Å². The van der Waals surface area contributed by atoms with E-state index in [1.165, 1.54) is 12.3 Å². The number of nitrogens with one attached hydrogen (secondary N) is 2. The zero-order valence-electron chi connectivity index (χ0n) is 19.0. The van der Waals surface area contributed by atoms with Crippen LogP contribution in [0.15, 0.2) is 108 Å². The highest BCUT2D eigenvalue weighted by Crippen LogP contribution is 2.16. The third-order valence-electron chi connectivity index (χ3n) is 4.63. The second-order valence-corrected chi connectivity index (χ2v) is 7.26. The van der Waals surface area contributed by atoms with Crippen molar-refractivity contribution in [2.45, 2.75) is 13.3 Å². The van der Waals surface area contributed by atoms with Gasteiger partial charge in [0.05, 0.1) is 12.8 Å². The highest BCUT2D eigenvalue weighted by molar-refractivity contribution is 6.03. The summed E-state index contributed by atoms with van der Waals surface area (Å²) < 4.78 is 5.71. The topological polar surface area (TPSA) is 79.8 Å². The summed E-state index contributed by atoms with van der Waals surface area (Å²) in [6, 6.07) is 25.8. The maximum atomic E-state index is 12.8. The van der Waals surface area contributed by atoms with E-state index >= 15 is 0 Å². The molecule has 6 nitrogen and oxygen atoms in total. The summed E-state index contributed by atoms with van der Waals surface area (Å²) in [4.78, 5) is 25.4. The number of hydrogen-bond donors (Lipinski definition) is 2. The van der Waals surface area contributed by atoms with Gasteiger partial charge in [-0.1, -0.05) is 79.7 Å². The molecule has 34 heavy (non-hydrogen) atoms. The molecule has 3 aromatic rings. The van der Waals surface area contributed by atoms with Crippen LogP contribution in [0.25, 0.3) is 6.08 Å². The predicted octanol–water partition coefficient (Wildman–Crippen LogP) is 4.95. The number of amides is 2. The van der Waals surface area contributed by atoms with Gasteiger partial charge in [-0.2, -0.15) is 5.10 Å². The van der Waals surface area contributed by atoms with Gasteiger partial charge >= 0.3 is 0 Å². The third-order valence-corrected chi connectivity index (χ3v) is 4.63. The lowest BCUT2D eigenvalue weighted by molar-refractivity contribution is -0.117. The highest BCUT2D eigenvalue weighted by atomic mass is 16.5. The number of benzene rings is 3. The molecule has 172 valence electrons. The molecule has 3 rings (SSSR count). The van der Waals surface area contributed by atoms with Crippen molar-refractivity contribution >= 4 is 24.1 Å². The molecular formula is C28H27N3O3. The Bertz CT molecular complexity index is 1170. The number of carbonyl (C=O) groups is 2. The van der Waals surface area contributed by atoms with E-state index < -0.39 is 11.8 Å². The van der Waals surface area contributed by atoms with Crippen molar-refractivity contribution in [1.29, 1.82) is 0 Å². The van der Waals surface area contributed by atoms with E-state index in [4.69, 9.17) is 4.74 Å². The molecule has 0 aliphatic heterocycles. The van der Waals surface area contributed by atoms with Gasteiger partial charge in [0, 0.05) is 11.1 Å². The minimum absolute atomic E-state index is 0.0636. The number of hydrogen-bond acceptors (Lipinski definition) is 4. The van der Waals surface area contributed by atoms with Gasteiger partial charge in [0.2, 0.25) is 0 Å². The van der Waals surface area contributed by atoms with E-state index in [1.807, 2.05) is 73.7 Å². The molecule has 0 saturated carbocycles. The maximum Gasteiger partial charge on any atom is 0.287 e. The Hall–Kier alpha value is -4.45. The number of rotatable bonds is 10. The number of para-hydroxylation sites is 1. The largest absolute Gasteiger partial charge is 0.493 e. The second kappa shape index (κ2) is 13.2. The van der Waals surface area contributed by atoms with E-state index in [0.717, 1.165) is 17.5 Å². The first-order valence-corrected chi connectivity index (χ1v) is 11.0. The van der Waals surface area contributed by atoms with Crippen LogP contribution < -0.4 is 15.5 Å². The summed E-state index contributed by atoms with van der Waals surface area (Å²) in [5, 5.41) is 6.72. The minimum Gasteiger partial charge on any atom is -0.493 e. The number of allylic oxidation sites excluding steroid dienone is 2. The van der Waals surface area contributed by atoms with Crippen LogP contribution in [0.5, 0.6) is 5.75 Å². The lowest BCUT2D eigenvalue weighted by Crippen LogP contribution is -2.32. The summed E-state index contributed by atoms with van der Waals surface area (Å²) in [6.07, 6.45) is 7.48. The smallest absolute Gasteiger partial charge is 0.287 e. The molecule has 0 aliphatic rings. The van der Waals surface area contributed by atoms with Crippen molar-refractivity contribution in [2.75, 3.05) is 6.61 Å². The zero-order chi connectivity index (χ0) is 24.0. The average molecular weight is 454 g/mol. The van der Waals surface area contributed by atoms with E-state index in [-0.39, 0.29) is 5.70 Å². The monoisotopic (exact) mass is 453 g/mol. The highest BCUT2D eigenvalue weighted by Gasteiger charge is 2.13. The molecule has 0 atom stereocenters. The van der Waals surface area contributed by atoms with E-state index in [0.29, 0.717) is 17.9 Å². The predicted molar refractivity (Wildman–Crippen MR) is 135 cm³/mol. The van der Waals surface area contributed by atoms with Gasteiger partial charge in [0.1, 0.15) is 11.4 Å². The van der Waals surface area contributed by atoms with Crippen molar-refractivity contribution in [3.63, 3.8) is 0 Å². The molecule has 6 heteroatoms. The summed E-state index contributed by atoms with van der Waals surface area (Å²) in [5.41, 5.74) is 4.69. The van der Waals surface area contributed by atoms with Crippen molar-refractivity contribution in [3.05, 3.63) is 119 Å². The van der Waals surface area contributed by atoms with Gasteiger partial charge in [-0.05, 0) is 42.3 Å². The Morgan fingerprint density at radius 3 is 2.32 bits per heavy atom. The van der Waals surface area contributed by atoms with Crippen LogP contribution >= 0.6 is 0 Å². The lowest BCUT2D eigenvalue weighted by atomic mass is 10.2. The van der Waals surface area contributed by atoms with Crippen molar-refractivity contribution < 1.29 is 14.3 Å². The average Bonchev–Trinajstić information content (AvgIpc) is 2.88. The van der Waals surface area contributed by atoms with Crippen LogP contribution in [0.3, 0.4) is 0 Å². The first-order chi connectivity index (χ1) is 16.7. The fraction of sp³-hybridized carbons (Fsp3) is 0.107. The van der Waals surface area contributed by atoms with Crippen LogP contribution in [-0.4, -0.2) is 24.6 Å². The van der Waals surface area contributed by atoms with Gasteiger partial charge in [-0.15, -0.1) is 0 Å². The van der Waals surface area contributed by atoms with Crippen LogP contribution in [0.1, 0.15) is 34.8 Å². The van der Waals surface area contributed by atoms with Gasteiger partial charge in [0.25, 0.3) is 11.8 Å². The summed E-state index contributed by atoms with van der Waals surface area (Å²) >= 11 is 0. The molecule has 2 N–H and O–H groups in total. The first kappa shape index (κ1) is 24.2. The molecule has 0 aromatic heterocycles.